The molecule has 0 fully saturated rings. The number of thiazole rings is 2. The van der Waals surface area contributed by atoms with Crippen molar-refractivity contribution in [2.75, 3.05) is 5.32 Å². The zero-order chi connectivity index (χ0) is 15.6. The number of nitrogens with zero attached hydrogens (tertiary/aromatic N) is 4. The zero-order valence-electron chi connectivity index (χ0n) is 11.6. The van der Waals surface area contributed by atoms with Crippen LogP contribution in [0.25, 0.3) is 20.9 Å². The molecule has 3 aromatic heterocycles. The van der Waals surface area contributed by atoms with Crippen LogP contribution in [0.1, 0.15) is 10.5 Å². The Morgan fingerprint density at radius 1 is 1.04 bits per heavy atom. The molecule has 0 aliphatic rings. The molecule has 4 rings (SSSR count). The number of aromatic nitrogens is 4. The van der Waals surface area contributed by atoms with Crippen LogP contribution in [0.5, 0.6) is 0 Å². The number of amides is 1. The van der Waals surface area contributed by atoms with E-state index in [0.29, 0.717) is 15.8 Å². The molecule has 0 saturated heterocycles. The van der Waals surface area contributed by atoms with Crippen molar-refractivity contribution < 1.29 is 4.79 Å². The highest BCUT2D eigenvalue weighted by molar-refractivity contribution is 7.21. The van der Waals surface area contributed by atoms with Crippen molar-refractivity contribution in [3.05, 3.63) is 53.9 Å². The number of fused-ring (bicyclic) bond motifs is 1. The van der Waals surface area contributed by atoms with Crippen LogP contribution in [0.2, 0.25) is 0 Å². The second-order valence-corrected chi connectivity index (χ2v) is 6.46. The molecule has 0 unspecified atom stereocenters. The van der Waals surface area contributed by atoms with E-state index in [1.54, 1.807) is 17.8 Å². The van der Waals surface area contributed by atoms with E-state index in [4.69, 9.17) is 0 Å². The van der Waals surface area contributed by atoms with Gasteiger partial charge in [0.05, 0.1) is 10.2 Å². The van der Waals surface area contributed by atoms with Gasteiger partial charge in [-0.25, -0.2) is 19.9 Å². The van der Waals surface area contributed by atoms with E-state index in [9.17, 15) is 4.79 Å². The molecule has 0 saturated carbocycles. The van der Waals surface area contributed by atoms with E-state index in [-0.39, 0.29) is 11.6 Å². The monoisotopic (exact) mass is 339 g/mol. The first-order valence-corrected chi connectivity index (χ1v) is 8.38. The fourth-order valence-corrected chi connectivity index (χ4v) is 3.56. The number of carbonyl (C=O) groups is 1. The first kappa shape index (κ1) is 13.9. The Labute approximate surface area is 138 Å². The summed E-state index contributed by atoms with van der Waals surface area (Å²) in [4.78, 5) is 29.5. The number of nitrogens with one attached hydrogen (secondary N) is 1. The zero-order valence-corrected chi connectivity index (χ0v) is 13.3. The maximum atomic E-state index is 12.5. The van der Waals surface area contributed by atoms with Crippen molar-refractivity contribution in [1.29, 1.82) is 0 Å². The summed E-state index contributed by atoms with van der Waals surface area (Å²) < 4.78 is 1.04. The summed E-state index contributed by atoms with van der Waals surface area (Å²) in [6, 6.07) is 7.80. The van der Waals surface area contributed by atoms with Gasteiger partial charge in [-0.05, 0) is 12.1 Å². The van der Waals surface area contributed by atoms with Gasteiger partial charge in [-0.2, -0.15) is 0 Å². The fourth-order valence-electron chi connectivity index (χ4n) is 2.08. The van der Waals surface area contributed by atoms with E-state index in [1.165, 1.54) is 28.9 Å². The number of anilines is 1. The van der Waals surface area contributed by atoms with Crippen LogP contribution in [0.3, 0.4) is 0 Å². The van der Waals surface area contributed by atoms with Crippen LogP contribution in [0.15, 0.2) is 48.2 Å². The minimum Gasteiger partial charge on any atom is -0.296 e. The third-order valence-electron chi connectivity index (χ3n) is 3.06. The summed E-state index contributed by atoms with van der Waals surface area (Å²) in [6.07, 6.45) is 4.68. The molecule has 23 heavy (non-hydrogen) atoms. The van der Waals surface area contributed by atoms with Crippen LogP contribution in [-0.4, -0.2) is 25.8 Å². The molecule has 1 aromatic carbocycles. The van der Waals surface area contributed by atoms with Crippen LogP contribution < -0.4 is 5.32 Å². The van der Waals surface area contributed by atoms with Crippen LogP contribution in [0, 0.1) is 0 Å². The second-order valence-electron chi connectivity index (χ2n) is 4.53. The third kappa shape index (κ3) is 2.69. The number of hydrogen-bond acceptors (Lipinski definition) is 7. The Morgan fingerprint density at radius 2 is 1.91 bits per heavy atom. The standard InChI is InChI=1S/C15H9N5OS2/c21-13(20-15-18-7-8-22-15)11-12(17-6-5-16-11)14-19-9-3-1-2-4-10(9)23-14/h1-8H,(H,18,20,21). The first-order chi connectivity index (χ1) is 11.3. The van der Waals surface area contributed by atoms with Gasteiger partial charge in [-0.15, -0.1) is 22.7 Å². The summed E-state index contributed by atoms with van der Waals surface area (Å²) in [5.74, 6) is -0.345. The van der Waals surface area contributed by atoms with Crippen LogP contribution >= 0.6 is 22.7 Å². The van der Waals surface area contributed by atoms with Gasteiger partial charge in [0.1, 0.15) is 10.7 Å². The van der Waals surface area contributed by atoms with Crippen molar-refractivity contribution in [3.63, 3.8) is 0 Å². The van der Waals surface area contributed by atoms with Crippen molar-refractivity contribution in [2.45, 2.75) is 0 Å². The lowest BCUT2D eigenvalue weighted by molar-refractivity contribution is 0.102. The molecule has 6 nitrogen and oxygen atoms in total. The van der Waals surface area contributed by atoms with E-state index >= 15 is 0 Å². The predicted octanol–water partition coefficient (Wildman–Crippen LogP) is 3.46. The molecule has 4 aromatic rings. The minimum atomic E-state index is -0.345. The van der Waals surface area contributed by atoms with Gasteiger partial charge in [-0.1, -0.05) is 12.1 Å². The van der Waals surface area contributed by atoms with Crippen molar-refractivity contribution in [1.82, 2.24) is 19.9 Å². The summed E-state index contributed by atoms with van der Waals surface area (Å²) in [6.45, 7) is 0. The summed E-state index contributed by atoms with van der Waals surface area (Å²) in [5.41, 5.74) is 1.59. The lowest BCUT2D eigenvalue weighted by Gasteiger charge is -2.04. The number of rotatable bonds is 3. The Hall–Kier alpha value is -2.71. The molecule has 0 atom stereocenters. The number of para-hydroxylation sites is 1. The van der Waals surface area contributed by atoms with Gasteiger partial charge in [-0.3, -0.25) is 10.1 Å². The highest BCUT2D eigenvalue weighted by atomic mass is 32.1. The maximum Gasteiger partial charge on any atom is 0.278 e. The lowest BCUT2D eigenvalue weighted by atomic mass is 10.3. The van der Waals surface area contributed by atoms with Crippen molar-refractivity contribution >= 4 is 43.9 Å². The Kier molecular flexibility index (Phi) is 3.52. The molecular formula is C15H9N5OS2. The SMILES string of the molecule is O=C(Nc1nccs1)c1nccnc1-c1nc2ccccc2s1. The summed E-state index contributed by atoms with van der Waals surface area (Å²) in [7, 11) is 0. The molecule has 0 spiro atoms. The Bertz CT molecular complexity index is 947. The van der Waals surface area contributed by atoms with E-state index in [2.05, 4.69) is 25.3 Å². The molecule has 0 aliphatic heterocycles. The average molecular weight is 339 g/mol. The molecule has 1 amide bonds. The van der Waals surface area contributed by atoms with Gasteiger partial charge >= 0.3 is 0 Å². The molecule has 0 radical (unpaired) electrons. The molecule has 112 valence electrons. The van der Waals surface area contributed by atoms with E-state index in [0.717, 1.165) is 10.2 Å². The number of benzene rings is 1. The number of carbonyl (C=O) groups excluding carboxylic acids is 1. The fraction of sp³-hybridized carbons (Fsp3) is 0. The maximum absolute atomic E-state index is 12.5. The molecule has 1 N–H and O–H groups in total. The predicted molar refractivity (Wildman–Crippen MR) is 90.7 cm³/mol. The quantitative estimate of drug-likeness (QED) is 0.618. The molecule has 3 heterocycles. The van der Waals surface area contributed by atoms with Gasteiger partial charge in [0.2, 0.25) is 0 Å². The van der Waals surface area contributed by atoms with E-state index < -0.39 is 0 Å². The third-order valence-corrected chi connectivity index (χ3v) is 4.79. The van der Waals surface area contributed by atoms with Crippen LogP contribution in [-0.2, 0) is 0 Å². The largest absolute Gasteiger partial charge is 0.296 e. The molecular weight excluding hydrogens is 330 g/mol. The van der Waals surface area contributed by atoms with Gasteiger partial charge < -0.3 is 0 Å². The Balaban J connectivity index is 1.75. The van der Waals surface area contributed by atoms with Crippen LogP contribution in [0.4, 0.5) is 5.13 Å². The second kappa shape index (κ2) is 5.82. The van der Waals surface area contributed by atoms with Gasteiger partial charge in [0.15, 0.2) is 10.8 Å². The minimum absolute atomic E-state index is 0.238. The van der Waals surface area contributed by atoms with Gasteiger partial charge in [0, 0.05) is 24.0 Å². The Morgan fingerprint density at radius 3 is 2.74 bits per heavy atom. The topological polar surface area (TPSA) is 80.7 Å². The normalized spacial score (nSPS) is 10.8. The number of hydrogen-bond donors (Lipinski definition) is 1. The lowest BCUT2D eigenvalue weighted by Crippen LogP contribution is -2.15. The van der Waals surface area contributed by atoms with Crippen molar-refractivity contribution in [2.24, 2.45) is 0 Å². The highest BCUT2D eigenvalue weighted by Crippen LogP contribution is 2.30. The summed E-state index contributed by atoms with van der Waals surface area (Å²) in [5, 5.41) is 5.71. The summed E-state index contributed by atoms with van der Waals surface area (Å²) >= 11 is 2.83. The molecule has 0 aliphatic carbocycles. The van der Waals surface area contributed by atoms with Gasteiger partial charge in [0.25, 0.3) is 5.91 Å². The molecule has 8 heteroatoms. The molecule has 0 bridgehead atoms. The van der Waals surface area contributed by atoms with E-state index in [1.807, 2.05) is 24.3 Å². The first-order valence-electron chi connectivity index (χ1n) is 6.69. The smallest absolute Gasteiger partial charge is 0.278 e. The average Bonchev–Trinajstić information content (AvgIpc) is 3.23. The van der Waals surface area contributed by atoms with Crippen molar-refractivity contribution in [3.8, 4) is 10.7 Å². The highest BCUT2D eigenvalue weighted by Gasteiger charge is 2.19.